The van der Waals surface area contributed by atoms with E-state index in [0.717, 1.165) is 30.9 Å². The number of hydrogen-bond acceptors (Lipinski definition) is 2. The molecule has 1 unspecified atom stereocenters. The predicted octanol–water partition coefficient (Wildman–Crippen LogP) is 2.05. The van der Waals surface area contributed by atoms with Crippen LogP contribution in [-0.2, 0) is 13.6 Å². The first kappa shape index (κ1) is 11.6. The number of halogens is 1. The highest BCUT2D eigenvalue weighted by Crippen LogP contribution is 2.25. The molecule has 1 fully saturated rings. The lowest BCUT2D eigenvalue weighted by atomic mass is 9.97. The second-order valence-electron chi connectivity index (χ2n) is 5.13. The van der Waals surface area contributed by atoms with E-state index in [1.54, 1.807) is 6.92 Å². The van der Waals surface area contributed by atoms with Crippen LogP contribution in [0.15, 0.2) is 6.07 Å². The van der Waals surface area contributed by atoms with Gasteiger partial charge in [-0.2, -0.15) is 5.10 Å². The average Bonchev–Trinajstić information content (AvgIpc) is 2.43. The standard InChI is InChI=1S/C12H20FN3/c1-10-7-11(15(3)14-10)8-16-6-4-5-12(2,13)9-16/h7H,4-6,8-9H2,1-3H3. The molecule has 90 valence electrons. The number of piperidine rings is 1. The van der Waals surface area contributed by atoms with Gasteiger partial charge < -0.3 is 0 Å². The molecule has 0 saturated carbocycles. The van der Waals surface area contributed by atoms with Gasteiger partial charge in [0.25, 0.3) is 0 Å². The lowest BCUT2D eigenvalue weighted by Gasteiger charge is -2.34. The SMILES string of the molecule is Cc1cc(CN2CCCC(C)(F)C2)n(C)n1. The molecular formula is C12H20FN3. The molecule has 2 rings (SSSR count). The number of aromatic nitrogens is 2. The molecule has 1 saturated heterocycles. The van der Waals surface area contributed by atoms with Gasteiger partial charge in [0.15, 0.2) is 0 Å². The Hall–Kier alpha value is -0.900. The fourth-order valence-corrected chi connectivity index (χ4v) is 2.47. The third kappa shape index (κ3) is 2.61. The van der Waals surface area contributed by atoms with E-state index >= 15 is 0 Å². The predicted molar refractivity (Wildman–Crippen MR) is 62.0 cm³/mol. The summed E-state index contributed by atoms with van der Waals surface area (Å²) in [5, 5.41) is 4.31. The van der Waals surface area contributed by atoms with Gasteiger partial charge in [0.2, 0.25) is 0 Å². The minimum atomic E-state index is -1.02. The summed E-state index contributed by atoms with van der Waals surface area (Å²) in [5.74, 6) is 0. The number of rotatable bonds is 2. The average molecular weight is 225 g/mol. The Bertz CT molecular complexity index is 370. The van der Waals surface area contributed by atoms with Crippen LogP contribution in [0, 0.1) is 6.92 Å². The van der Waals surface area contributed by atoms with Crippen LogP contribution >= 0.6 is 0 Å². The van der Waals surface area contributed by atoms with E-state index in [0.29, 0.717) is 13.0 Å². The Balaban J connectivity index is 2.02. The van der Waals surface area contributed by atoms with Crippen LogP contribution in [0.5, 0.6) is 0 Å². The fraction of sp³-hybridized carbons (Fsp3) is 0.750. The summed E-state index contributed by atoms with van der Waals surface area (Å²) in [6.07, 6.45) is 1.64. The molecule has 0 N–H and O–H groups in total. The second-order valence-corrected chi connectivity index (χ2v) is 5.13. The van der Waals surface area contributed by atoms with Crippen molar-refractivity contribution in [3.05, 3.63) is 17.5 Å². The minimum Gasteiger partial charge on any atom is -0.294 e. The lowest BCUT2D eigenvalue weighted by Crippen LogP contribution is -2.43. The monoisotopic (exact) mass is 225 g/mol. The zero-order valence-electron chi connectivity index (χ0n) is 10.3. The maximum Gasteiger partial charge on any atom is 0.120 e. The van der Waals surface area contributed by atoms with Crippen molar-refractivity contribution >= 4 is 0 Å². The summed E-state index contributed by atoms with van der Waals surface area (Å²) in [6.45, 7) is 6.02. The first-order valence-corrected chi connectivity index (χ1v) is 5.87. The van der Waals surface area contributed by atoms with Crippen LogP contribution in [0.1, 0.15) is 31.2 Å². The molecule has 1 aliphatic rings. The van der Waals surface area contributed by atoms with Crippen molar-refractivity contribution in [2.24, 2.45) is 7.05 Å². The van der Waals surface area contributed by atoms with E-state index in [-0.39, 0.29) is 0 Å². The highest BCUT2D eigenvalue weighted by atomic mass is 19.1. The Morgan fingerprint density at radius 2 is 2.31 bits per heavy atom. The van der Waals surface area contributed by atoms with Crippen LogP contribution in [0.4, 0.5) is 4.39 Å². The smallest absolute Gasteiger partial charge is 0.120 e. The third-order valence-electron chi connectivity index (χ3n) is 3.21. The van der Waals surface area contributed by atoms with E-state index in [2.05, 4.69) is 16.1 Å². The van der Waals surface area contributed by atoms with Gasteiger partial charge in [-0.3, -0.25) is 9.58 Å². The summed E-state index contributed by atoms with van der Waals surface area (Å²) in [4.78, 5) is 2.18. The molecule has 0 aliphatic carbocycles. The topological polar surface area (TPSA) is 21.1 Å². The Labute approximate surface area is 96.2 Å². The lowest BCUT2D eigenvalue weighted by molar-refractivity contribution is 0.0550. The zero-order chi connectivity index (χ0) is 11.8. The molecule has 4 heteroatoms. The summed E-state index contributed by atoms with van der Waals surface area (Å²) < 4.78 is 15.8. The van der Waals surface area contributed by atoms with Crippen molar-refractivity contribution in [1.82, 2.24) is 14.7 Å². The van der Waals surface area contributed by atoms with Gasteiger partial charge in [0.1, 0.15) is 5.67 Å². The first-order valence-electron chi connectivity index (χ1n) is 5.87. The van der Waals surface area contributed by atoms with Gasteiger partial charge in [-0.25, -0.2) is 4.39 Å². The summed E-state index contributed by atoms with van der Waals surface area (Å²) >= 11 is 0. The van der Waals surface area contributed by atoms with E-state index in [4.69, 9.17) is 0 Å². The summed E-state index contributed by atoms with van der Waals surface area (Å²) in [5.41, 5.74) is 1.17. The van der Waals surface area contributed by atoms with E-state index in [9.17, 15) is 4.39 Å². The summed E-state index contributed by atoms with van der Waals surface area (Å²) in [6, 6.07) is 2.07. The van der Waals surface area contributed by atoms with Crippen LogP contribution in [0.3, 0.4) is 0 Å². The molecule has 0 aromatic carbocycles. The van der Waals surface area contributed by atoms with E-state index < -0.39 is 5.67 Å². The maximum absolute atomic E-state index is 13.9. The maximum atomic E-state index is 13.9. The van der Waals surface area contributed by atoms with Crippen molar-refractivity contribution < 1.29 is 4.39 Å². The number of aryl methyl sites for hydroxylation is 2. The minimum absolute atomic E-state index is 0.539. The van der Waals surface area contributed by atoms with Crippen molar-refractivity contribution in [1.29, 1.82) is 0 Å². The summed E-state index contributed by atoms with van der Waals surface area (Å²) in [7, 11) is 1.95. The normalized spacial score (nSPS) is 27.2. The van der Waals surface area contributed by atoms with Crippen molar-refractivity contribution in [2.75, 3.05) is 13.1 Å². The zero-order valence-corrected chi connectivity index (χ0v) is 10.3. The second kappa shape index (κ2) is 4.17. The molecule has 1 atom stereocenters. The quantitative estimate of drug-likeness (QED) is 0.768. The highest BCUT2D eigenvalue weighted by molar-refractivity contribution is 5.08. The van der Waals surface area contributed by atoms with Gasteiger partial charge >= 0.3 is 0 Å². The van der Waals surface area contributed by atoms with Crippen molar-refractivity contribution in [3.63, 3.8) is 0 Å². The molecule has 0 radical (unpaired) electrons. The Morgan fingerprint density at radius 1 is 1.56 bits per heavy atom. The fourth-order valence-electron chi connectivity index (χ4n) is 2.47. The molecule has 0 spiro atoms. The molecule has 1 aromatic heterocycles. The third-order valence-corrected chi connectivity index (χ3v) is 3.21. The number of likely N-dealkylation sites (tertiary alicyclic amines) is 1. The number of nitrogens with zero attached hydrogens (tertiary/aromatic N) is 3. The van der Waals surface area contributed by atoms with Gasteiger partial charge in [-0.15, -0.1) is 0 Å². The van der Waals surface area contributed by atoms with Gasteiger partial charge in [-0.05, 0) is 39.3 Å². The highest BCUT2D eigenvalue weighted by Gasteiger charge is 2.30. The van der Waals surface area contributed by atoms with Crippen molar-refractivity contribution in [2.45, 2.75) is 38.9 Å². The number of hydrogen-bond donors (Lipinski definition) is 0. The molecular weight excluding hydrogens is 205 g/mol. The van der Waals surface area contributed by atoms with Crippen LogP contribution < -0.4 is 0 Å². The van der Waals surface area contributed by atoms with Crippen LogP contribution in [0.2, 0.25) is 0 Å². The van der Waals surface area contributed by atoms with Gasteiger partial charge in [-0.1, -0.05) is 0 Å². The molecule has 1 aliphatic heterocycles. The molecule has 1 aromatic rings. The Kier molecular flexibility index (Phi) is 3.02. The van der Waals surface area contributed by atoms with Crippen LogP contribution in [-0.4, -0.2) is 33.4 Å². The Morgan fingerprint density at radius 3 is 2.88 bits per heavy atom. The largest absolute Gasteiger partial charge is 0.294 e. The molecule has 16 heavy (non-hydrogen) atoms. The van der Waals surface area contributed by atoms with Gasteiger partial charge in [0, 0.05) is 20.1 Å². The number of alkyl halides is 1. The molecule has 3 nitrogen and oxygen atoms in total. The van der Waals surface area contributed by atoms with Gasteiger partial charge in [0.05, 0.1) is 11.4 Å². The molecule has 2 heterocycles. The van der Waals surface area contributed by atoms with Crippen LogP contribution in [0.25, 0.3) is 0 Å². The van der Waals surface area contributed by atoms with E-state index in [1.807, 2.05) is 18.7 Å². The molecule has 0 bridgehead atoms. The first-order chi connectivity index (χ1) is 7.46. The van der Waals surface area contributed by atoms with E-state index in [1.165, 1.54) is 0 Å². The molecule has 0 amide bonds. The van der Waals surface area contributed by atoms with Crippen molar-refractivity contribution in [3.8, 4) is 0 Å².